The van der Waals surface area contributed by atoms with E-state index >= 15 is 0 Å². The van der Waals surface area contributed by atoms with Crippen molar-refractivity contribution in [2.24, 2.45) is 0 Å². The molecule has 0 fully saturated rings. The lowest BCUT2D eigenvalue weighted by Gasteiger charge is -2.07. The Bertz CT molecular complexity index is 359. The van der Waals surface area contributed by atoms with Crippen LogP contribution >= 0.6 is 0 Å². The second-order valence-electron chi connectivity index (χ2n) is 3.23. The van der Waals surface area contributed by atoms with Gasteiger partial charge in [-0.3, -0.25) is 10.0 Å². The summed E-state index contributed by atoms with van der Waals surface area (Å²) in [4.78, 5) is 10.7. The summed E-state index contributed by atoms with van der Waals surface area (Å²) in [6.45, 7) is 0. The fraction of sp³-hybridized carbons (Fsp3) is 0.300. The van der Waals surface area contributed by atoms with Crippen molar-refractivity contribution in [3.05, 3.63) is 35.4 Å². The number of rotatable bonds is 3. The predicted molar refractivity (Wildman–Crippen MR) is 49.7 cm³/mol. The van der Waals surface area contributed by atoms with Gasteiger partial charge in [0.15, 0.2) is 0 Å². The molecule has 0 aliphatic heterocycles. The summed E-state index contributed by atoms with van der Waals surface area (Å²) in [7, 11) is 0. The second-order valence-corrected chi connectivity index (χ2v) is 3.23. The molecule has 0 saturated carbocycles. The van der Waals surface area contributed by atoms with Gasteiger partial charge in [-0.05, 0) is 24.1 Å². The Labute approximate surface area is 89.8 Å². The molecule has 0 aliphatic carbocycles. The zero-order valence-electron chi connectivity index (χ0n) is 8.21. The number of aryl methyl sites for hydroxylation is 1. The molecule has 0 bridgehead atoms. The first kappa shape index (κ1) is 12.5. The summed E-state index contributed by atoms with van der Waals surface area (Å²) in [6, 6.07) is 4.55. The van der Waals surface area contributed by atoms with Gasteiger partial charge in [-0.1, -0.05) is 12.1 Å². The van der Waals surface area contributed by atoms with Gasteiger partial charge in [0.25, 0.3) is 0 Å². The number of carbonyl (C=O) groups excluding carboxylic acids is 1. The SMILES string of the molecule is O=C(CCc1ccc(C(F)(F)F)cc1)NO. The van der Waals surface area contributed by atoms with Gasteiger partial charge < -0.3 is 0 Å². The molecule has 16 heavy (non-hydrogen) atoms. The van der Waals surface area contributed by atoms with Gasteiger partial charge in [0.05, 0.1) is 5.56 Å². The van der Waals surface area contributed by atoms with E-state index < -0.39 is 17.6 Å². The smallest absolute Gasteiger partial charge is 0.289 e. The Morgan fingerprint density at radius 3 is 2.25 bits per heavy atom. The number of carbonyl (C=O) groups is 1. The van der Waals surface area contributed by atoms with Gasteiger partial charge in [0, 0.05) is 6.42 Å². The van der Waals surface area contributed by atoms with Crippen LogP contribution in [0, 0.1) is 0 Å². The minimum atomic E-state index is -4.35. The Kier molecular flexibility index (Phi) is 3.89. The third-order valence-electron chi connectivity index (χ3n) is 2.05. The molecule has 1 aromatic rings. The monoisotopic (exact) mass is 233 g/mol. The topological polar surface area (TPSA) is 49.3 Å². The maximum atomic E-state index is 12.2. The minimum absolute atomic E-state index is 0.0296. The Balaban J connectivity index is 2.62. The van der Waals surface area contributed by atoms with Crippen molar-refractivity contribution in [1.82, 2.24) is 5.48 Å². The molecule has 2 N–H and O–H groups in total. The lowest BCUT2D eigenvalue weighted by Crippen LogP contribution is -2.18. The van der Waals surface area contributed by atoms with Crippen molar-refractivity contribution in [2.45, 2.75) is 19.0 Å². The van der Waals surface area contributed by atoms with Gasteiger partial charge in [-0.15, -0.1) is 0 Å². The van der Waals surface area contributed by atoms with Crippen LogP contribution < -0.4 is 5.48 Å². The quantitative estimate of drug-likeness (QED) is 0.620. The van der Waals surface area contributed by atoms with E-state index in [0.29, 0.717) is 5.56 Å². The molecule has 0 radical (unpaired) electrons. The Morgan fingerprint density at radius 1 is 1.25 bits per heavy atom. The third-order valence-corrected chi connectivity index (χ3v) is 2.05. The summed E-state index contributed by atoms with van der Waals surface area (Å²) in [5.41, 5.74) is 1.34. The average molecular weight is 233 g/mol. The van der Waals surface area contributed by atoms with Crippen molar-refractivity contribution in [3.8, 4) is 0 Å². The van der Waals surface area contributed by atoms with Crippen molar-refractivity contribution < 1.29 is 23.2 Å². The first-order valence-electron chi connectivity index (χ1n) is 4.52. The molecule has 1 rings (SSSR count). The number of amides is 1. The zero-order chi connectivity index (χ0) is 12.2. The van der Waals surface area contributed by atoms with Crippen LogP contribution in [0.25, 0.3) is 0 Å². The third kappa shape index (κ3) is 3.54. The maximum Gasteiger partial charge on any atom is 0.416 e. The minimum Gasteiger partial charge on any atom is -0.289 e. The lowest BCUT2D eigenvalue weighted by atomic mass is 10.1. The van der Waals surface area contributed by atoms with Crippen molar-refractivity contribution in [2.75, 3.05) is 0 Å². The molecule has 0 spiro atoms. The highest BCUT2D eigenvalue weighted by Crippen LogP contribution is 2.29. The standard InChI is InChI=1S/C10H10F3NO2/c11-10(12,13)8-4-1-7(2-5-8)3-6-9(15)14-16/h1-2,4-5,16H,3,6H2,(H,14,15). The van der Waals surface area contributed by atoms with Crippen LogP contribution in [0.5, 0.6) is 0 Å². The van der Waals surface area contributed by atoms with Crippen LogP contribution in [-0.4, -0.2) is 11.1 Å². The van der Waals surface area contributed by atoms with Gasteiger partial charge >= 0.3 is 6.18 Å². The number of nitrogens with one attached hydrogen (secondary N) is 1. The zero-order valence-corrected chi connectivity index (χ0v) is 8.21. The highest BCUT2D eigenvalue weighted by molar-refractivity contribution is 5.74. The summed E-state index contributed by atoms with van der Waals surface area (Å²) < 4.78 is 36.6. The van der Waals surface area contributed by atoms with E-state index in [1.54, 1.807) is 0 Å². The summed E-state index contributed by atoms with van der Waals surface area (Å²) in [5, 5.41) is 8.22. The average Bonchev–Trinajstić information content (AvgIpc) is 2.25. The summed E-state index contributed by atoms with van der Waals surface area (Å²) >= 11 is 0. The number of hydrogen-bond acceptors (Lipinski definition) is 2. The highest BCUT2D eigenvalue weighted by Gasteiger charge is 2.29. The molecule has 0 aromatic heterocycles. The molecular formula is C10H10F3NO2. The number of alkyl halides is 3. The van der Waals surface area contributed by atoms with Gasteiger partial charge in [0.2, 0.25) is 5.91 Å². The van der Waals surface area contributed by atoms with Crippen LogP contribution in [0.3, 0.4) is 0 Å². The molecule has 0 heterocycles. The van der Waals surface area contributed by atoms with Gasteiger partial charge in [0.1, 0.15) is 0 Å². The maximum absolute atomic E-state index is 12.2. The van der Waals surface area contributed by atoms with Crippen LogP contribution in [0.15, 0.2) is 24.3 Å². The van der Waals surface area contributed by atoms with Gasteiger partial charge in [-0.25, -0.2) is 5.48 Å². The normalized spacial score (nSPS) is 11.2. The van der Waals surface area contributed by atoms with E-state index in [1.165, 1.54) is 17.6 Å². The number of hydroxylamine groups is 1. The number of hydrogen-bond donors (Lipinski definition) is 2. The number of benzene rings is 1. The van der Waals surface area contributed by atoms with Crippen LogP contribution in [0.4, 0.5) is 13.2 Å². The molecule has 0 saturated heterocycles. The molecule has 1 aromatic carbocycles. The molecule has 1 amide bonds. The molecular weight excluding hydrogens is 223 g/mol. The number of halogens is 3. The first-order chi connectivity index (χ1) is 7.43. The Morgan fingerprint density at radius 2 is 1.81 bits per heavy atom. The fourth-order valence-corrected chi connectivity index (χ4v) is 1.17. The molecule has 0 unspecified atom stereocenters. The molecule has 88 valence electrons. The van der Waals surface area contributed by atoms with Crippen LogP contribution in [0.1, 0.15) is 17.5 Å². The largest absolute Gasteiger partial charge is 0.416 e. The van der Waals surface area contributed by atoms with Crippen molar-refractivity contribution >= 4 is 5.91 Å². The van der Waals surface area contributed by atoms with Gasteiger partial charge in [-0.2, -0.15) is 13.2 Å². The lowest BCUT2D eigenvalue weighted by molar-refractivity contribution is -0.137. The molecule has 0 atom stereocenters. The Hall–Kier alpha value is -1.56. The summed E-state index contributed by atoms with van der Waals surface area (Å²) in [5.74, 6) is -0.570. The summed E-state index contributed by atoms with van der Waals surface area (Å²) in [6.07, 6.45) is -4.03. The fourth-order valence-electron chi connectivity index (χ4n) is 1.17. The van der Waals surface area contributed by atoms with E-state index in [-0.39, 0.29) is 12.8 Å². The van der Waals surface area contributed by atoms with E-state index in [0.717, 1.165) is 12.1 Å². The molecule has 6 heteroatoms. The van der Waals surface area contributed by atoms with E-state index in [1.807, 2.05) is 0 Å². The van der Waals surface area contributed by atoms with Crippen LogP contribution in [0.2, 0.25) is 0 Å². The van der Waals surface area contributed by atoms with Crippen molar-refractivity contribution in [3.63, 3.8) is 0 Å². The first-order valence-corrected chi connectivity index (χ1v) is 4.52. The second kappa shape index (κ2) is 4.98. The highest BCUT2D eigenvalue weighted by atomic mass is 19.4. The van der Waals surface area contributed by atoms with Crippen molar-refractivity contribution in [1.29, 1.82) is 0 Å². The molecule has 3 nitrogen and oxygen atoms in total. The van der Waals surface area contributed by atoms with Crippen LogP contribution in [-0.2, 0) is 17.4 Å². The molecule has 0 aliphatic rings. The van der Waals surface area contributed by atoms with E-state index in [4.69, 9.17) is 5.21 Å². The van der Waals surface area contributed by atoms with E-state index in [9.17, 15) is 18.0 Å². The van der Waals surface area contributed by atoms with E-state index in [2.05, 4.69) is 0 Å². The predicted octanol–water partition coefficient (Wildman–Crippen LogP) is 2.14.